The summed E-state index contributed by atoms with van der Waals surface area (Å²) in [5.41, 5.74) is -7.97. The zero-order valence-corrected chi connectivity index (χ0v) is 26.7. The van der Waals surface area contributed by atoms with E-state index >= 15 is 0 Å². The number of rotatable bonds is 13. The van der Waals surface area contributed by atoms with Crippen LogP contribution in [0.25, 0.3) is 0 Å². The number of nitrogens with zero attached hydrogens (tertiary/aromatic N) is 2. The molecule has 0 bridgehead atoms. The van der Waals surface area contributed by atoms with Gasteiger partial charge in [0.15, 0.2) is 62.5 Å². The van der Waals surface area contributed by atoms with Crippen molar-refractivity contribution >= 4 is 33.9 Å². The van der Waals surface area contributed by atoms with E-state index < -0.39 is 139 Å². The molecule has 2 rings (SSSR count). The Kier molecular flexibility index (Phi) is 12.6. The molecule has 0 saturated carbocycles. The number of azo groups is 1. The van der Waals surface area contributed by atoms with Gasteiger partial charge in [-0.05, 0) is 34.6 Å². The van der Waals surface area contributed by atoms with Gasteiger partial charge in [0.2, 0.25) is 11.8 Å². The lowest BCUT2D eigenvalue weighted by Gasteiger charge is -2.22. The van der Waals surface area contributed by atoms with Crippen LogP contribution < -0.4 is 10.6 Å². The number of esters is 2. The van der Waals surface area contributed by atoms with Gasteiger partial charge in [-0.2, -0.15) is 18.6 Å². The highest BCUT2D eigenvalue weighted by molar-refractivity contribution is 7.85. The molecule has 0 saturated heterocycles. The summed E-state index contributed by atoms with van der Waals surface area (Å²) in [4.78, 5) is 46.7. The average Bonchev–Trinajstić information content (AvgIpc) is 3.00. The molecule has 0 radical (unpaired) electrons. The molecule has 22 heteroatoms. The standard InChI is InChI=1S/C27H26F8N4O9S/c1-10-13(28)15(30)11(16(31)14(10)29)22(40)47-8-6-36-24(42)26(2,3)38-39-27(4,5)25(43)37-7-9-48-23(41)12-17(32)19(34)21(49(44,45)46)20(35)18(12)33/h6-9H2,1-5H3,(H,36,42)(H,37,43)(H,44,45,46). The molecule has 13 nitrogen and oxygen atoms in total. The third kappa shape index (κ3) is 9.04. The Morgan fingerprint density at radius 2 is 0.939 bits per heavy atom. The van der Waals surface area contributed by atoms with Crippen molar-refractivity contribution in [3.05, 3.63) is 63.2 Å². The summed E-state index contributed by atoms with van der Waals surface area (Å²) in [5.74, 6) is -23.2. The van der Waals surface area contributed by atoms with Crippen molar-refractivity contribution < 1.29 is 76.7 Å². The van der Waals surface area contributed by atoms with Crippen LogP contribution in [0.4, 0.5) is 35.1 Å². The first-order valence-corrected chi connectivity index (χ1v) is 14.8. The van der Waals surface area contributed by atoms with Crippen LogP contribution in [0.5, 0.6) is 0 Å². The maximum absolute atomic E-state index is 14.1. The molecule has 0 aromatic heterocycles. The molecule has 3 N–H and O–H groups in total. The number of hydrogen-bond acceptors (Lipinski definition) is 10. The van der Waals surface area contributed by atoms with Crippen molar-refractivity contribution in [1.29, 1.82) is 0 Å². The van der Waals surface area contributed by atoms with Crippen LogP contribution in [0, 0.1) is 53.5 Å². The fourth-order valence-corrected chi connectivity index (χ4v) is 4.10. The van der Waals surface area contributed by atoms with Crippen LogP contribution in [-0.4, -0.2) is 74.1 Å². The normalized spacial score (nSPS) is 12.2. The molecule has 2 aromatic rings. The number of carbonyl (C=O) groups excluding carboxylic acids is 4. The Balaban J connectivity index is 1.92. The number of carbonyl (C=O) groups is 4. The van der Waals surface area contributed by atoms with E-state index in [4.69, 9.17) is 4.55 Å². The molecule has 0 atom stereocenters. The lowest BCUT2D eigenvalue weighted by atomic mass is 10.0. The van der Waals surface area contributed by atoms with E-state index in [1.165, 1.54) is 27.7 Å². The van der Waals surface area contributed by atoms with E-state index in [2.05, 4.69) is 30.3 Å². The molecule has 0 aliphatic heterocycles. The number of ether oxygens (including phenoxy) is 2. The molecule has 0 unspecified atom stereocenters. The average molecular weight is 735 g/mol. The minimum Gasteiger partial charge on any atom is -0.460 e. The van der Waals surface area contributed by atoms with Crippen LogP contribution in [0.1, 0.15) is 54.0 Å². The highest BCUT2D eigenvalue weighted by atomic mass is 32.2. The quantitative estimate of drug-likeness (QED) is 0.0690. The van der Waals surface area contributed by atoms with Gasteiger partial charge < -0.3 is 20.1 Å². The summed E-state index contributed by atoms with van der Waals surface area (Å²) in [6.07, 6.45) is 0. The van der Waals surface area contributed by atoms with Gasteiger partial charge in [-0.1, -0.05) is 0 Å². The second-order valence-corrected chi connectivity index (χ2v) is 12.2. The monoisotopic (exact) mass is 734 g/mol. The molecule has 0 aliphatic rings. The Morgan fingerprint density at radius 1 is 0.633 bits per heavy atom. The molecule has 0 spiro atoms. The largest absolute Gasteiger partial charge is 0.460 e. The van der Waals surface area contributed by atoms with E-state index in [1.807, 2.05) is 0 Å². The van der Waals surface area contributed by atoms with Crippen molar-refractivity contribution in [2.24, 2.45) is 10.2 Å². The predicted octanol–water partition coefficient (Wildman–Crippen LogP) is 3.61. The molecular formula is C27H26F8N4O9S. The molecule has 0 heterocycles. The fourth-order valence-electron chi connectivity index (χ4n) is 3.47. The third-order valence-corrected chi connectivity index (χ3v) is 7.15. The van der Waals surface area contributed by atoms with Crippen LogP contribution in [0.3, 0.4) is 0 Å². The highest BCUT2D eigenvalue weighted by Crippen LogP contribution is 2.28. The fraction of sp³-hybridized carbons (Fsp3) is 0.407. The molecule has 270 valence electrons. The van der Waals surface area contributed by atoms with Crippen LogP contribution in [0.2, 0.25) is 0 Å². The number of nitrogens with one attached hydrogen (secondary N) is 2. The summed E-state index contributed by atoms with van der Waals surface area (Å²) < 4.78 is 151. The van der Waals surface area contributed by atoms with E-state index in [0.717, 1.165) is 6.92 Å². The number of amides is 2. The lowest BCUT2D eigenvalue weighted by molar-refractivity contribution is -0.127. The number of hydrogen-bond donors (Lipinski definition) is 3. The Morgan fingerprint density at radius 3 is 1.24 bits per heavy atom. The smallest absolute Gasteiger partial charge is 0.344 e. The van der Waals surface area contributed by atoms with Crippen LogP contribution in [0.15, 0.2) is 15.1 Å². The molecular weight excluding hydrogens is 708 g/mol. The SMILES string of the molecule is Cc1c(F)c(F)c(C(=O)OCCNC(=O)C(C)(C)N=NC(C)(C)C(=O)NCCOC(=O)c2c(F)c(F)c(S(=O)(=O)O)c(F)c2F)c(F)c1F. The first-order chi connectivity index (χ1) is 22.4. The van der Waals surface area contributed by atoms with E-state index in [0.29, 0.717) is 0 Å². The summed E-state index contributed by atoms with van der Waals surface area (Å²) in [6, 6.07) is 0. The lowest BCUT2D eigenvalue weighted by Crippen LogP contribution is -2.44. The second-order valence-electron chi connectivity index (χ2n) is 10.8. The molecule has 0 aliphatic carbocycles. The minimum atomic E-state index is -5.76. The Labute approximate surface area is 271 Å². The zero-order chi connectivity index (χ0) is 37.8. The Bertz CT molecular complexity index is 1780. The summed E-state index contributed by atoms with van der Waals surface area (Å²) >= 11 is 0. The van der Waals surface area contributed by atoms with Crippen molar-refractivity contribution in [3.63, 3.8) is 0 Å². The van der Waals surface area contributed by atoms with Crippen LogP contribution in [-0.2, 0) is 29.2 Å². The zero-order valence-electron chi connectivity index (χ0n) is 25.9. The second kappa shape index (κ2) is 15.2. The van der Waals surface area contributed by atoms with Crippen molar-refractivity contribution in [1.82, 2.24) is 10.6 Å². The Hall–Kier alpha value is -4.73. The maximum Gasteiger partial charge on any atom is 0.344 e. The van der Waals surface area contributed by atoms with Crippen molar-refractivity contribution in [2.75, 3.05) is 26.3 Å². The van der Waals surface area contributed by atoms with Gasteiger partial charge in [-0.25, -0.2) is 44.7 Å². The van der Waals surface area contributed by atoms with Gasteiger partial charge in [0.1, 0.15) is 24.3 Å². The molecule has 0 fully saturated rings. The topological polar surface area (TPSA) is 190 Å². The van der Waals surface area contributed by atoms with Crippen molar-refractivity contribution in [3.8, 4) is 0 Å². The number of halogens is 8. The third-order valence-electron chi connectivity index (χ3n) is 6.28. The predicted molar refractivity (Wildman–Crippen MR) is 147 cm³/mol. The summed E-state index contributed by atoms with van der Waals surface area (Å²) in [6.45, 7) is 3.07. The van der Waals surface area contributed by atoms with Gasteiger partial charge in [-0.15, -0.1) is 0 Å². The summed E-state index contributed by atoms with van der Waals surface area (Å²) in [5, 5.41) is 12.0. The number of benzene rings is 2. The maximum atomic E-state index is 14.1. The van der Waals surface area contributed by atoms with Gasteiger partial charge in [0, 0.05) is 5.56 Å². The van der Waals surface area contributed by atoms with Gasteiger partial charge in [0.05, 0.1) is 13.1 Å². The first-order valence-electron chi connectivity index (χ1n) is 13.4. The van der Waals surface area contributed by atoms with E-state index in [9.17, 15) is 62.7 Å². The van der Waals surface area contributed by atoms with E-state index in [-0.39, 0.29) is 0 Å². The summed E-state index contributed by atoms with van der Waals surface area (Å²) in [7, 11) is -5.76. The molecule has 49 heavy (non-hydrogen) atoms. The molecule has 2 amide bonds. The van der Waals surface area contributed by atoms with Gasteiger partial charge in [0.25, 0.3) is 0 Å². The van der Waals surface area contributed by atoms with Gasteiger partial charge >= 0.3 is 22.1 Å². The van der Waals surface area contributed by atoms with Gasteiger partial charge in [-0.3, -0.25) is 14.1 Å². The first kappa shape index (κ1) is 40.4. The van der Waals surface area contributed by atoms with Crippen molar-refractivity contribution in [2.45, 2.75) is 50.6 Å². The minimum absolute atomic E-state index is 0.468. The van der Waals surface area contributed by atoms with E-state index in [1.54, 1.807) is 0 Å². The highest BCUT2D eigenvalue weighted by Gasteiger charge is 2.36. The molecule has 2 aromatic carbocycles. The van der Waals surface area contributed by atoms with Crippen LogP contribution >= 0.6 is 0 Å².